The van der Waals surface area contributed by atoms with Crippen LogP contribution in [0.25, 0.3) is 5.69 Å². The number of aryl methyl sites for hydroxylation is 2. The smallest absolute Gasteiger partial charge is 0.315 e. The Balaban J connectivity index is 1.67. The Bertz CT molecular complexity index is 955. The molecule has 2 N–H and O–H groups in total. The Labute approximate surface area is 162 Å². The number of rotatable bonds is 5. The van der Waals surface area contributed by atoms with Crippen molar-refractivity contribution in [3.05, 3.63) is 77.6 Å². The molecule has 2 aromatic carbocycles. The van der Waals surface area contributed by atoms with Gasteiger partial charge in [0, 0.05) is 13.0 Å². The highest BCUT2D eigenvalue weighted by molar-refractivity contribution is 5.72. The first-order valence-corrected chi connectivity index (χ1v) is 9.43. The van der Waals surface area contributed by atoms with Gasteiger partial charge in [0.1, 0.15) is 5.82 Å². The van der Waals surface area contributed by atoms with Crippen LogP contribution in [-0.2, 0) is 12.8 Å². The molecular formula is C21H22FN5O. The van der Waals surface area contributed by atoms with Crippen molar-refractivity contribution in [3.63, 3.8) is 0 Å². The Hall–Kier alpha value is -3.22. The second kappa shape index (κ2) is 7.80. The van der Waals surface area contributed by atoms with Crippen LogP contribution in [0.5, 0.6) is 0 Å². The number of aromatic nitrogens is 3. The average Bonchev–Trinajstić information content (AvgIpc) is 3.35. The number of amides is 2. The van der Waals surface area contributed by atoms with Gasteiger partial charge in [-0.15, -0.1) is 0 Å². The minimum atomic E-state index is -0.456. The quantitative estimate of drug-likeness (QED) is 0.738. The molecule has 1 aliphatic rings. The maximum atomic E-state index is 13.4. The number of nitrogens with two attached hydrogens (primary N) is 1. The van der Waals surface area contributed by atoms with Crippen molar-refractivity contribution in [3.8, 4) is 5.69 Å². The van der Waals surface area contributed by atoms with Gasteiger partial charge in [0.25, 0.3) is 0 Å². The third-order valence-corrected chi connectivity index (χ3v) is 5.06. The summed E-state index contributed by atoms with van der Waals surface area (Å²) in [6.07, 6.45) is 3.14. The Morgan fingerprint density at radius 2 is 1.86 bits per heavy atom. The lowest BCUT2D eigenvalue weighted by molar-refractivity contribution is 0.200. The predicted molar refractivity (Wildman–Crippen MR) is 103 cm³/mol. The summed E-state index contributed by atoms with van der Waals surface area (Å²) in [4.78, 5) is 18.2. The highest BCUT2D eigenvalue weighted by atomic mass is 19.1. The number of benzene rings is 2. The zero-order valence-electron chi connectivity index (χ0n) is 15.5. The zero-order chi connectivity index (χ0) is 19.5. The van der Waals surface area contributed by atoms with Gasteiger partial charge in [0.15, 0.2) is 11.6 Å². The highest BCUT2D eigenvalue weighted by Crippen LogP contribution is 2.32. The van der Waals surface area contributed by atoms with E-state index in [2.05, 4.69) is 17.2 Å². The van der Waals surface area contributed by atoms with Crippen LogP contribution in [0, 0.1) is 5.82 Å². The zero-order valence-corrected chi connectivity index (χ0v) is 15.5. The molecule has 3 aromatic rings. The molecule has 0 radical (unpaired) electrons. The molecule has 0 unspecified atom stereocenters. The first-order valence-electron chi connectivity index (χ1n) is 9.43. The topological polar surface area (TPSA) is 77.0 Å². The molecule has 0 saturated carbocycles. The number of carbonyl (C=O) groups excluding carboxylic acids is 1. The lowest BCUT2D eigenvalue weighted by atomic mass is 10.1. The van der Waals surface area contributed by atoms with Crippen molar-refractivity contribution >= 4 is 6.03 Å². The monoisotopic (exact) mass is 379 g/mol. The summed E-state index contributed by atoms with van der Waals surface area (Å²) in [5, 5.41) is 4.67. The molecule has 0 spiro atoms. The number of primary amides is 1. The highest BCUT2D eigenvalue weighted by Gasteiger charge is 2.33. The van der Waals surface area contributed by atoms with Gasteiger partial charge in [-0.05, 0) is 49.1 Å². The predicted octanol–water partition coefficient (Wildman–Crippen LogP) is 3.41. The van der Waals surface area contributed by atoms with Gasteiger partial charge >= 0.3 is 6.03 Å². The van der Waals surface area contributed by atoms with Crippen LogP contribution < -0.4 is 5.73 Å². The molecule has 2 heterocycles. The Morgan fingerprint density at radius 3 is 2.57 bits per heavy atom. The van der Waals surface area contributed by atoms with Crippen LogP contribution in [0.3, 0.4) is 0 Å². The van der Waals surface area contributed by atoms with E-state index in [1.807, 2.05) is 18.2 Å². The van der Waals surface area contributed by atoms with E-state index in [1.54, 1.807) is 21.7 Å². The minimum absolute atomic E-state index is 0.222. The number of likely N-dealkylation sites (tertiary alicyclic amines) is 1. The van der Waals surface area contributed by atoms with Crippen LogP contribution in [0.4, 0.5) is 9.18 Å². The minimum Gasteiger partial charge on any atom is -0.351 e. The third-order valence-electron chi connectivity index (χ3n) is 5.06. The van der Waals surface area contributed by atoms with Crippen molar-refractivity contribution in [2.75, 3.05) is 6.54 Å². The van der Waals surface area contributed by atoms with E-state index < -0.39 is 6.03 Å². The summed E-state index contributed by atoms with van der Waals surface area (Å²) in [5.41, 5.74) is 7.48. The number of hydrogen-bond donors (Lipinski definition) is 1. The average molecular weight is 379 g/mol. The molecule has 6 nitrogen and oxygen atoms in total. The van der Waals surface area contributed by atoms with Gasteiger partial charge in [-0.1, -0.05) is 30.3 Å². The first kappa shape index (κ1) is 18.2. The van der Waals surface area contributed by atoms with Gasteiger partial charge in [-0.25, -0.2) is 18.9 Å². The molecule has 2 amide bonds. The van der Waals surface area contributed by atoms with E-state index in [0.717, 1.165) is 19.3 Å². The molecular weight excluding hydrogens is 357 g/mol. The fourth-order valence-corrected chi connectivity index (χ4v) is 3.66. The second-order valence-electron chi connectivity index (χ2n) is 6.95. The molecule has 0 bridgehead atoms. The van der Waals surface area contributed by atoms with Gasteiger partial charge in [-0.2, -0.15) is 5.10 Å². The molecule has 28 heavy (non-hydrogen) atoms. The maximum Gasteiger partial charge on any atom is 0.315 e. The Morgan fingerprint density at radius 1 is 1.11 bits per heavy atom. The van der Waals surface area contributed by atoms with E-state index in [0.29, 0.717) is 30.3 Å². The van der Waals surface area contributed by atoms with Crippen molar-refractivity contribution < 1.29 is 9.18 Å². The molecule has 1 atom stereocenters. The summed E-state index contributed by atoms with van der Waals surface area (Å²) < 4.78 is 15.1. The lowest BCUT2D eigenvalue weighted by Crippen LogP contribution is -2.36. The van der Waals surface area contributed by atoms with Crippen molar-refractivity contribution in [2.24, 2.45) is 5.73 Å². The van der Waals surface area contributed by atoms with Crippen LogP contribution in [0.1, 0.15) is 36.1 Å². The van der Waals surface area contributed by atoms with Crippen LogP contribution in [-0.4, -0.2) is 32.2 Å². The molecule has 1 fully saturated rings. The molecule has 0 aliphatic carbocycles. The summed E-state index contributed by atoms with van der Waals surface area (Å²) >= 11 is 0. The van der Waals surface area contributed by atoms with Crippen molar-refractivity contribution in [1.29, 1.82) is 0 Å². The number of carbonyl (C=O) groups is 1. The van der Waals surface area contributed by atoms with Crippen LogP contribution in [0.15, 0.2) is 54.6 Å². The lowest BCUT2D eigenvalue weighted by Gasteiger charge is -2.22. The summed E-state index contributed by atoms with van der Waals surface area (Å²) in [6, 6.07) is 15.6. The van der Waals surface area contributed by atoms with Gasteiger partial charge in [-0.3, -0.25) is 0 Å². The van der Waals surface area contributed by atoms with Crippen molar-refractivity contribution in [2.45, 2.75) is 31.7 Å². The summed E-state index contributed by atoms with van der Waals surface area (Å²) in [7, 11) is 0. The molecule has 1 saturated heterocycles. The van der Waals surface area contributed by atoms with E-state index in [4.69, 9.17) is 10.7 Å². The van der Waals surface area contributed by atoms with Crippen LogP contribution >= 0.6 is 0 Å². The van der Waals surface area contributed by atoms with E-state index in [9.17, 15) is 9.18 Å². The second-order valence-corrected chi connectivity index (χ2v) is 6.95. The Kier molecular flexibility index (Phi) is 5.06. The van der Waals surface area contributed by atoms with E-state index in [-0.39, 0.29) is 11.9 Å². The van der Waals surface area contributed by atoms with Crippen LogP contribution in [0.2, 0.25) is 0 Å². The van der Waals surface area contributed by atoms with Crippen molar-refractivity contribution in [1.82, 2.24) is 19.7 Å². The summed E-state index contributed by atoms with van der Waals surface area (Å²) in [5.74, 6) is 1.06. The fourth-order valence-electron chi connectivity index (χ4n) is 3.66. The number of hydrogen-bond acceptors (Lipinski definition) is 3. The standard InChI is InChI=1S/C21H22FN5O/c22-16-9-11-17(12-10-16)27-20(18-7-4-14-26(18)21(23)28)24-19(25-27)13-8-15-5-2-1-3-6-15/h1-3,5-6,9-12,18H,4,7-8,13-14H2,(H2,23,28)/t18-/m0/s1. The SMILES string of the molecule is NC(=O)N1CCC[C@H]1c1nc(CCc2ccccc2)nn1-c1ccc(F)cc1. The molecule has 4 rings (SSSR count). The molecule has 1 aromatic heterocycles. The maximum absolute atomic E-state index is 13.4. The molecule has 1 aliphatic heterocycles. The number of nitrogens with zero attached hydrogens (tertiary/aromatic N) is 4. The first-order chi connectivity index (χ1) is 13.6. The summed E-state index contributed by atoms with van der Waals surface area (Å²) in [6.45, 7) is 0.607. The fraction of sp³-hybridized carbons (Fsp3) is 0.286. The molecule has 7 heteroatoms. The number of halogens is 1. The molecule has 144 valence electrons. The normalized spacial score (nSPS) is 16.5. The third kappa shape index (κ3) is 3.74. The van der Waals surface area contributed by atoms with Gasteiger partial charge in [0.2, 0.25) is 0 Å². The van der Waals surface area contributed by atoms with Gasteiger partial charge < -0.3 is 10.6 Å². The van der Waals surface area contributed by atoms with E-state index >= 15 is 0 Å². The largest absolute Gasteiger partial charge is 0.351 e. The van der Waals surface area contributed by atoms with Gasteiger partial charge in [0.05, 0.1) is 11.7 Å². The number of urea groups is 1. The van der Waals surface area contributed by atoms with E-state index in [1.165, 1.54) is 17.7 Å².